The lowest BCUT2D eigenvalue weighted by Gasteiger charge is -2.11. The summed E-state index contributed by atoms with van der Waals surface area (Å²) in [7, 11) is 3.26. The Labute approximate surface area is 124 Å². The first-order valence-corrected chi connectivity index (χ1v) is 6.76. The van der Waals surface area contributed by atoms with Gasteiger partial charge in [0.15, 0.2) is 17.3 Å². The van der Waals surface area contributed by atoms with E-state index in [1.165, 1.54) is 6.33 Å². The van der Waals surface area contributed by atoms with Crippen LogP contribution in [0, 0.1) is 6.92 Å². The van der Waals surface area contributed by atoms with Gasteiger partial charge >= 0.3 is 0 Å². The second kappa shape index (κ2) is 6.83. The van der Waals surface area contributed by atoms with Gasteiger partial charge in [-0.3, -0.25) is 0 Å². The van der Waals surface area contributed by atoms with Crippen LogP contribution in [0.2, 0.25) is 0 Å². The normalized spacial score (nSPS) is 11.3. The molecule has 0 aliphatic rings. The number of methoxy groups -OCH3 is 2. The third-order valence-electron chi connectivity index (χ3n) is 3.15. The monoisotopic (exact) mass is 285 g/mol. The number of nitrogens with zero attached hydrogens (tertiary/aromatic N) is 3. The number of allylic oxidation sites excluding steroid dienone is 1. The van der Waals surface area contributed by atoms with Crippen molar-refractivity contribution in [3.05, 3.63) is 41.7 Å². The van der Waals surface area contributed by atoms with Crippen molar-refractivity contribution in [1.82, 2.24) is 15.0 Å². The molecule has 0 amide bonds. The van der Waals surface area contributed by atoms with Crippen molar-refractivity contribution in [2.24, 2.45) is 0 Å². The highest BCUT2D eigenvalue weighted by Gasteiger charge is 2.08. The highest BCUT2D eigenvalue weighted by atomic mass is 16.5. The highest BCUT2D eigenvalue weighted by Crippen LogP contribution is 2.31. The zero-order chi connectivity index (χ0) is 15.2. The van der Waals surface area contributed by atoms with Gasteiger partial charge in [0.05, 0.1) is 14.2 Å². The Balaban J connectivity index is 2.41. The van der Waals surface area contributed by atoms with E-state index in [-0.39, 0.29) is 0 Å². The van der Waals surface area contributed by atoms with Crippen molar-refractivity contribution in [1.29, 1.82) is 0 Å². The van der Waals surface area contributed by atoms with E-state index in [1.54, 1.807) is 14.2 Å². The molecular formula is C16H19N3O2. The zero-order valence-electron chi connectivity index (χ0n) is 12.8. The van der Waals surface area contributed by atoms with E-state index < -0.39 is 0 Å². The third kappa shape index (κ3) is 3.56. The number of ether oxygens (including phenoxy) is 2. The number of benzene rings is 1. The highest BCUT2D eigenvalue weighted by molar-refractivity contribution is 5.80. The lowest BCUT2D eigenvalue weighted by atomic mass is 10.0. The van der Waals surface area contributed by atoms with Crippen LogP contribution in [0.4, 0.5) is 0 Å². The molecule has 0 atom stereocenters. The van der Waals surface area contributed by atoms with Crippen molar-refractivity contribution >= 4 is 11.6 Å². The molecule has 21 heavy (non-hydrogen) atoms. The summed E-state index contributed by atoms with van der Waals surface area (Å²) in [5, 5.41) is 0. The topological polar surface area (TPSA) is 57.1 Å². The minimum atomic E-state index is 0.661. The molecule has 1 aromatic heterocycles. The minimum absolute atomic E-state index is 0.661. The van der Waals surface area contributed by atoms with Crippen molar-refractivity contribution in [3.63, 3.8) is 0 Å². The molecule has 0 aliphatic carbocycles. The Kier molecular flexibility index (Phi) is 4.87. The van der Waals surface area contributed by atoms with Crippen molar-refractivity contribution in [2.45, 2.75) is 20.3 Å². The molecule has 0 radical (unpaired) electrons. The van der Waals surface area contributed by atoms with E-state index in [4.69, 9.17) is 9.47 Å². The molecule has 1 aromatic carbocycles. The van der Waals surface area contributed by atoms with E-state index in [0.717, 1.165) is 17.6 Å². The van der Waals surface area contributed by atoms with Crippen LogP contribution in [0.3, 0.4) is 0 Å². The molecule has 0 N–H and O–H groups in total. The van der Waals surface area contributed by atoms with E-state index in [2.05, 4.69) is 21.9 Å². The van der Waals surface area contributed by atoms with Crippen LogP contribution >= 0.6 is 0 Å². The van der Waals surface area contributed by atoms with Crippen molar-refractivity contribution in [2.75, 3.05) is 14.2 Å². The number of hydrogen-bond acceptors (Lipinski definition) is 5. The van der Waals surface area contributed by atoms with Gasteiger partial charge in [-0.1, -0.05) is 13.0 Å². The molecule has 0 saturated carbocycles. The smallest absolute Gasteiger partial charge is 0.161 e. The van der Waals surface area contributed by atoms with Gasteiger partial charge in [-0.2, -0.15) is 0 Å². The first kappa shape index (κ1) is 15.0. The summed E-state index contributed by atoms with van der Waals surface area (Å²) in [6.45, 7) is 3.94. The van der Waals surface area contributed by atoms with Crippen LogP contribution in [-0.2, 0) is 0 Å². The Morgan fingerprint density at radius 3 is 2.52 bits per heavy atom. The van der Waals surface area contributed by atoms with Gasteiger partial charge in [0.1, 0.15) is 12.2 Å². The predicted octanol–water partition coefficient (Wildman–Crippen LogP) is 3.15. The number of hydrogen-bond donors (Lipinski definition) is 0. The largest absolute Gasteiger partial charge is 0.493 e. The molecule has 110 valence electrons. The Hall–Kier alpha value is -2.43. The van der Waals surface area contributed by atoms with Gasteiger partial charge < -0.3 is 9.47 Å². The summed E-state index contributed by atoms with van der Waals surface area (Å²) >= 11 is 0. The van der Waals surface area contributed by atoms with Crippen molar-refractivity contribution < 1.29 is 9.47 Å². The van der Waals surface area contributed by atoms with Gasteiger partial charge in [-0.05, 0) is 42.7 Å². The predicted molar refractivity (Wildman–Crippen MR) is 82.3 cm³/mol. The quantitative estimate of drug-likeness (QED) is 0.844. The van der Waals surface area contributed by atoms with Crippen molar-refractivity contribution in [3.8, 4) is 11.5 Å². The number of aryl methyl sites for hydroxylation is 1. The van der Waals surface area contributed by atoms with E-state index in [0.29, 0.717) is 23.1 Å². The SMILES string of the molecule is CCC(=Cc1ncnc(C)n1)c1ccc(OC)c(OC)c1. The summed E-state index contributed by atoms with van der Waals surface area (Å²) in [5.74, 6) is 2.79. The second-order valence-corrected chi connectivity index (χ2v) is 4.48. The molecule has 5 heteroatoms. The molecule has 0 saturated heterocycles. The zero-order valence-corrected chi connectivity index (χ0v) is 12.8. The summed E-state index contributed by atoms with van der Waals surface area (Å²) in [6.07, 6.45) is 4.35. The molecule has 0 bridgehead atoms. The second-order valence-electron chi connectivity index (χ2n) is 4.48. The minimum Gasteiger partial charge on any atom is -0.493 e. The lowest BCUT2D eigenvalue weighted by molar-refractivity contribution is 0.355. The first-order valence-electron chi connectivity index (χ1n) is 6.76. The van der Waals surface area contributed by atoms with Gasteiger partial charge in [-0.15, -0.1) is 0 Å². The maximum atomic E-state index is 5.35. The fraction of sp³-hybridized carbons (Fsp3) is 0.312. The molecule has 5 nitrogen and oxygen atoms in total. The maximum Gasteiger partial charge on any atom is 0.161 e. The maximum absolute atomic E-state index is 5.35. The van der Waals surface area contributed by atoms with Crippen LogP contribution < -0.4 is 9.47 Å². The number of rotatable bonds is 5. The Morgan fingerprint density at radius 2 is 1.90 bits per heavy atom. The average Bonchev–Trinajstić information content (AvgIpc) is 2.52. The summed E-state index contributed by atoms with van der Waals surface area (Å²) < 4.78 is 10.6. The molecule has 2 aromatic rings. The Bertz CT molecular complexity index is 654. The summed E-state index contributed by atoms with van der Waals surface area (Å²) in [6, 6.07) is 5.86. The molecule has 1 heterocycles. The summed E-state index contributed by atoms with van der Waals surface area (Å²) in [5.41, 5.74) is 2.19. The molecule has 0 unspecified atom stereocenters. The van der Waals surface area contributed by atoms with E-state index in [9.17, 15) is 0 Å². The molecule has 2 rings (SSSR count). The van der Waals surface area contributed by atoms with Crippen LogP contribution in [0.5, 0.6) is 11.5 Å². The van der Waals surface area contributed by atoms with Gasteiger partial charge in [0, 0.05) is 0 Å². The fourth-order valence-electron chi connectivity index (χ4n) is 2.05. The van der Waals surface area contributed by atoms with Crippen LogP contribution in [0.1, 0.15) is 30.6 Å². The number of aromatic nitrogens is 3. The average molecular weight is 285 g/mol. The van der Waals surface area contributed by atoms with E-state index in [1.807, 2.05) is 31.2 Å². The lowest BCUT2D eigenvalue weighted by Crippen LogP contribution is -1.95. The van der Waals surface area contributed by atoms with E-state index >= 15 is 0 Å². The molecular weight excluding hydrogens is 266 g/mol. The van der Waals surface area contributed by atoms with Crippen LogP contribution in [0.15, 0.2) is 24.5 Å². The first-order chi connectivity index (χ1) is 10.2. The van der Waals surface area contributed by atoms with Crippen LogP contribution in [-0.4, -0.2) is 29.2 Å². The van der Waals surface area contributed by atoms with Gasteiger partial charge in [0.25, 0.3) is 0 Å². The van der Waals surface area contributed by atoms with Crippen LogP contribution in [0.25, 0.3) is 11.6 Å². The molecule has 0 aliphatic heterocycles. The standard InChI is InChI=1S/C16H19N3O2/c1-5-12(9-16-18-10-17-11(2)19-16)13-6-7-14(20-3)15(8-13)21-4/h6-10H,5H2,1-4H3. The fourth-order valence-corrected chi connectivity index (χ4v) is 2.05. The Morgan fingerprint density at radius 1 is 1.14 bits per heavy atom. The molecule has 0 fully saturated rings. The molecule has 0 spiro atoms. The summed E-state index contributed by atoms with van der Waals surface area (Å²) in [4.78, 5) is 12.5. The van der Waals surface area contributed by atoms with Gasteiger partial charge in [-0.25, -0.2) is 15.0 Å². The third-order valence-corrected chi connectivity index (χ3v) is 3.15. The van der Waals surface area contributed by atoms with Gasteiger partial charge in [0.2, 0.25) is 0 Å².